The van der Waals surface area contributed by atoms with Gasteiger partial charge in [-0.2, -0.15) is 0 Å². The Bertz CT molecular complexity index is 958. The van der Waals surface area contributed by atoms with E-state index in [0.29, 0.717) is 22.3 Å². The normalized spacial score (nSPS) is 12.0. The van der Waals surface area contributed by atoms with E-state index in [4.69, 9.17) is 16.3 Å². The lowest BCUT2D eigenvalue weighted by molar-refractivity contribution is 0.0994. The highest BCUT2D eigenvalue weighted by atomic mass is 35.5. The van der Waals surface area contributed by atoms with Gasteiger partial charge in [0.25, 0.3) is 0 Å². The third kappa shape index (κ3) is 4.17. The number of thioether (sulfide) groups is 1. The van der Waals surface area contributed by atoms with Crippen LogP contribution >= 0.6 is 23.4 Å². The molecule has 3 aromatic rings. The summed E-state index contributed by atoms with van der Waals surface area (Å²) in [5.74, 6) is 1.46. The van der Waals surface area contributed by atoms with Crippen LogP contribution in [-0.2, 0) is 6.54 Å². The average molecular weight is 402 g/mol. The Kier molecular flexibility index (Phi) is 6.19. The third-order valence-electron chi connectivity index (χ3n) is 4.14. The van der Waals surface area contributed by atoms with Crippen LogP contribution in [0, 0.1) is 0 Å². The number of Topliss-reactive ketones (excluding diaryl/α,β-unsaturated/α-hetero) is 1. The lowest BCUT2D eigenvalue weighted by Crippen LogP contribution is -2.14. The summed E-state index contributed by atoms with van der Waals surface area (Å²) in [7, 11) is 1.63. The van der Waals surface area contributed by atoms with Crippen LogP contribution < -0.4 is 4.74 Å². The SMILES string of the molecule is CCn1c(SC(C)C(=O)c2cccc(Cl)c2)nnc1-c1ccccc1OC. The lowest BCUT2D eigenvalue weighted by atomic mass is 10.1. The van der Waals surface area contributed by atoms with Gasteiger partial charge in [0.2, 0.25) is 0 Å². The van der Waals surface area contributed by atoms with Gasteiger partial charge in [-0.05, 0) is 38.1 Å². The highest BCUT2D eigenvalue weighted by molar-refractivity contribution is 8.00. The molecule has 0 N–H and O–H groups in total. The third-order valence-corrected chi connectivity index (χ3v) is 5.46. The molecular formula is C20H20ClN3O2S. The van der Waals surface area contributed by atoms with E-state index in [0.717, 1.165) is 17.1 Å². The number of hydrogen-bond acceptors (Lipinski definition) is 5. The minimum absolute atomic E-state index is 0.00648. The molecule has 0 amide bonds. The Morgan fingerprint density at radius 1 is 1.22 bits per heavy atom. The number of ketones is 1. The number of rotatable bonds is 7. The summed E-state index contributed by atoms with van der Waals surface area (Å²) in [6, 6.07) is 14.7. The molecule has 1 aromatic heterocycles. The van der Waals surface area contributed by atoms with Crippen LogP contribution in [0.5, 0.6) is 5.75 Å². The second-order valence-electron chi connectivity index (χ2n) is 5.89. The van der Waals surface area contributed by atoms with Crippen molar-refractivity contribution >= 4 is 29.1 Å². The van der Waals surface area contributed by atoms with Crippen molar-refractivity contribution in [2.24, 2.45) is 0 Å². The van der Waals surface area contributed by atoms with Gasteiger partial charge in [-0.15, -0.1) is 10.2 Å². The lowest BCUT2D eigenvalue weighted by Gasteiger charge is -2.13. The highest BCUT2D eigenvalue weighted by Gasteiger charge is 2.22. The second-order valence-corrected chi connectivity index (χ2v) is 7.63. The smallest absolute Gasteiger partial charge is 0.192 e. The predicted molar refractivity (Wildman–Crippen MR) is 109 cm³/mol. The van der Waals surface area contributed by atoms with E-state index in [1.54, 1.807) is 31.4 Å². The summed E-state index contributed by atoms with van der Waals surface area (Å²) in [6.45, 7) is 4.57. The summed E-state index contributed by atoms with van der Waals surface area (Å²) >= 11 is 7.39. The Hall–Kier alpha value is -2.31. The molecule has 0 aliphatic heterocycles. The van der Waals surface area contributed by atoms with E-state index in [2.05, 4.69) is 10.2 Å². The molecule has 3 rings (SSSR count). The van der Waals surface area contributed by atoms with Crippen LogP contribution in [0.3, 0.4) is 0 Å². The first-order valence-electron chi connectivity index (χ1n) is 8.58. The van der Waals surface area contributed by atoms with Gasteiger partial charge >= 0.3 is 0 Å². The molecule has 0 spiro atoms. The molecule has 1 unspecified atom stereocenters. The number of carbonyl (C=O) groups is 1. The van der Waals surface area contributed by atoms with Crippen molar-refractivity contribution in [3.63, 3.8) is 0 Å². The van der Waals surface area contributed by atoms with Crippen molar-refractivity contribution in [2.75, 3.05) is 7.11 Å². The van der Waals surface area contributed by atoms with Gasteiger partial charge < -0.3 is 9.30 Å². The zero-order valence-corrected chi connectivity index (χ0v) is 16.9. The summed E-state index contributed by atoms with van der Waals surface area (Å²) in [4.78, 5) is 12.7. The molecule has 0 aliphatic rings. The first-order valence-corrected chi connectivity index (χ1v) is 9.84. The van der Waals surface area contributed by atoms with Gasteiger partial charge in [0.05, 0.1) is 17.9 Å². The summed E-state index contributed by atoms with van der Waals surface area (Å²) in [5, 5.41) is 9.59. The molecule has 140 valence electrons. The molecule has 0 saturated carbocycles. The van der Waals surface area contributed by atoms with E-state index in [9.17, 15) is 4.79 Å². The minimum atomic E-state index is -0.316. The minimum Gasteiger partial charge on any atom is -0.496 e. The standard InChI is InChI=1S/C20H20ClN3O2S/c1-4-24-19(16-10-5-6-11-17(16)26-3)22-23-20(24)27-13(2)18(25)14-8-7-9-15(21)12-14/h5-13H,4H2,1-3H3. The molecule has 5 nitrogen and oxygen atoms in total. The number of benzene rings is 2. The van der Waals surface area contributed by atoms with Crippen molar-refractivity contribution < 1.29 is 9.53 Å². The number of nitrogens with zero attached hydrogens (tertiary/aromatic N) is 3. The maximum absolute atomic E-state index is 12.7. The first kappa shape index (κ1) is 19.5. The number of halogens is 1. The van der Waals surface area contributed by atoms with E-state index in [-0.39, 0.29) is 11.0 Å². The van der Waals surface area contributed by atoms with E-state index in [1.807, 2.05) is 42.7 Å². The van der Waals surface area contributed by atoms with Crippen molar-refractivity contribution in [2.45, 2.75) is 30.8 Å². The molecule has 2 aromatic carbocycles. The van der Waals surface area contributed by atoms with Crippen LogP contribution in [0.15, 0.2) is 53.7 Å². The Morgan fingerprint density at radius 3 is 2.70 bits per heavy atom. The van der Waals surface area contributed by atoms with Crippen molar-refractivity contribution in [1.29, 1.82) is 0 Å². The fraction of sp³-hybridized carbons (Fsp3) is 0.250. The molecule has 1 atom stereocenters. The molecule has 27 heavy (non-hydrogen) atoms. The van der Waals surface area contributed by atoms with E-state index >= 15 is 0 Å². The van der Waals surface area contributed by atoms with Gasteiger partial charge in [0.1, 0.15) is 5.75 Å². The Balaban J connectivity index is 1.88. The molecule has 0 fully saturated rings. The number of aromatic nitrogens is 3. The number of methoxy groups -OCH3 is 1. The van der Waals surface area contributed by atoms with Crippen LogP contribution in [-0.4, -0.2) is 32.9 Å². The average Bonchev–Trinajstić information content (AvgIpc) is 3.09. The van der Waals surface area contributed by atoms with E-state index in [1.165, 1.54) is 11.8 Å². The number of carbonyl (C=O) groups excluding carboxylic acids is 1. The predicted octanol–water partition coefficient (Wildman–Crippen LogP) is 4.99. The highest BCUT2D eigenvalue weighted by Crippen LogP contribution is 2.32. The zero-order chi connectivity index (χ0) is 19.4. The van der Waals surface area contributed by atoms with Gasteiger partial charge in [-0.1, -0.05) is 47.6 Å². The van der Waals surface area contributed by atoms with Gasteiger partial charge in [-0.3, -0.25) is 4.79 Å². The van der Waals surface area contributed by atoms with Gasteiger partial charge in [-0.25, -0.2) is 0 Å². The zero-order valence-electron chi connectivity index (χ0n) is 15.3. The number of ether oxygens (including phenoxy) is 1. The molecular weight excluding hydrogens is 382 g/mol. The summed E-state index contributed by atoms with van der Waals surface area (Å²) in [6.07, 6.45) is 0. The Labute approximate surface area is 167 Å². The second kappa shape index (κ2) is 8.59. The van der Waals surface area contributed by atoms with Crippen molar-refractivity contribution in [3.8, 4) is 17.1 Å². The van der Waals surface area contributed by atoms with Crippen LogP contribution in [0.25, 0.3) is 11.4 Å². The largest absolute Gasteiger partial charge is 0.496 e. The van der Waals surface area contributed by atoms with Crippen molar-refractivity contribution in [1.82, 2.24) is 14.8 Å². The molecule has 0 radical (unpaired) electrons. The Morgan fingerprint density at radius 2 is 2.00 bits per heavy atom. The van der Waals surface area contributed by atoms with Gasteiger partial charge in [0.15, 0.2) is 16.8 Å². The van der Waals surface area contributed by atoms with Gasteiger partial charge in [0, 0.05) is 17.1 Å². The maximum atomic E-state index is 12.7. The molecule has 1 heterocycles. The fourth-order valence-corrected chi connectivity index (χ4v) is 3.96. The summed E-state index contributed by atoms with van der Waals surface area (Å²) < 4.78 is 7.43. The number of para-hydroxylation sites is 1. The topological polar surface area (TPSA) is 57.0 Å². The molecule has 0 bridgehead atoms. The van der Waals surface area contributed by atoms with Crippen LogP contribution in [0.2, 0.25) is 5.02 Å². The maximum Gasteiger partial charge on any atom is 0.192 e. The number of hydrogen-bond donors (Lipinski definition) is 0. The molecule has 7 heteroatoms. The first-order chi connectivity index (χ1) is 13.0. The van der Waals surface area contributed by atoms with E-state index < -0.39 is 0 Å². The molecule has 0 aliphatic carbocycles. The van der Waals surface area contributed by atoms with Crippen molar-refractivity contribution in [3.05, 3.63) is 59.1 Å². The quantitative estimate of drug-likeness (QED) is 0.412. The van der Waals surface area contributed by atoms with Crippen LogP contribution in [0.4, 0.5) is 0 Å². The molecule has 0 saturated heterocycles. The fourth-order valence-electron chi connectivity index (χ4n) is 2.78. The van der Waals surface area contributed by atoms with Crippen LogP contribution in [0.1, 0.15) is 24.2 Å². The summed E-state index contributed by atoms with van der Waals surface area (Å²) in [5.41, 5.74) is 1.46. The monoisotopic (exact) mass is 401 g/mol.